The van der Waals surface area contributed by atoms with E-state index in [1.165, 1.54) is 24.8 Å². The van der Waals surface area contributed by atoms with E-state index in [1.807, 2.05) is 25.2 Å². The zero-order valence-corrected chi connectivity index (χ0v) is 17.4. The second-order valence-electron chi connectivity index (χ2n) is 7.67. The lowest BCUT2D eigenvalue weighted by Gasteiger charge is -2.43. The van der Waals surface area contributed by atoms with Crippen LogP contribution >= 0.6 is 0 Å². The SMILES string of the molecule is CN=C(NCC(=O)N(C)CCc1ccccn1)NCC1(c2ccccc2)CCC1. The molecule has 0 atom stereocenters. The van der Waals surface area contributed by atoms with Gasteiger partial charge in [0.15, 0.2) is 5.96 Å². The minimum absolute atomic E-state index is 0.0327. The lowest BCUT2D eigenvalue weighted by atomic mass is 9.64. The normalized spacial score (nSPS) is 15.3. The van der Waals surface area contributed by atoms with Crippen molar-refractivity contribution < 1.29 is 4.79 Å². The monoisotopic (exact) mass is 393 g/mol. The van der Waals surface area contributed by atoms with Crippen LogP contribution in [0.25, 0.3) is 0 Å². The number of rotatable bonds is 8. The van der Waals surface area contributed by atoms with Crippen LogP contribution in [0.1, 0.15) is 30.5 Å². The van der Waals surface area contributed by atoms with Crippen molar-refractivity contribution in [1.82, 2.24) is 20.5 Å². The Morgan fingerprint density at radius 3 is 2.52 bits per heavy atom. The summed E-state index contributed by atoms with van der Waals surface area (Å²) >= 11 is 0. The molecule has 0 saturated heterocycles. The number of benzene rings is 1. The molecule has 1 saturated carbocycles. The third-order valence-electron chi connectivity index (χ3n) is 5.78. The molecule has 2 N–H and O–H groups in total. The smallest absolute Gasteiger partial charge is 0.241 e. The van der Waals surface area contributed by atoms with Gasteiger partial charge < -0.3 is 15.5 Å². The van der Waals surface area contributed by atoms with E-state index < -0.39 is 0 Å². The first kappa shape index (κ1) is 20.8. The molecule has 1 aliphatic rings. The van der Waals surface area contributed by atoms with E-state index in [4.69, 9.17) is 0 Å². The molecule has 1 aromatic heterocycles. The lowest BCUT2D eigenvalue weighted by molar-refractivity contribution is -0.128. The third-order valence-corrected chi connectivity index (χ3v) is 5.78. The van der Waals surface area contributed by atoms with Gasteiger partial charge in [-0.15, -0.1) is 0 Å². The van der Waals surface area contributed by atoms with E-state index in [2.05, 4.69) is 50.9 Å². The summed E-state index contributed by atoms with van der Waals surface area (Å²) in [7, 11) is 3.56. The van der Waals surface area contributed by atoms with E-state index in [0.29, 0.717) is 12.5 Å². The highest BCUT2D eigenvalue weighted by Crippen LogP contribution is 2.43. The average Bonchev–Trinajstić information content (AvgIpc) is 2.74. The summed E-state index contributed by atoms with van der Waals surface area (Å²) in [4.78, 5) is 22.7. The summed E-state index contributed by atoms with van der Waals surface area (Å²) in [6, 6.07) is 16.5. The first-order valence-corrected chi connectivity index (χ1v) is 10.3. The number of nitrogens with zero attached hydrogens (tertiary/aromatic N) is 3. The Hall–Kier alpha value is -2.89. The fourth-order valence-electron chi connectivity index (χ4n) is 3.68. The summed E-state index contributed by atoms with van der Waals surface area (Å²) in [6.45, 7) is 1.68. The van der Waals surface area contributed by atoms with Crippen LogP contribution in [-0.2, 0) is 16.6 Å². The van der Waals surface area contributed by atoms with Crippen molar-refractivity contribution in [2.45, 2.75) is 31.1 Å². The summed E-state index contributed by atoms with van der Waals surface area (Å²) < 4.78 is 0. The average molecular weight is 394 g/mol. The van der Waals surface area contributed by atoms with Crippen molar-refractivity contribution in [2.75, 3.05) is 33.7 Å². The fourth-order valence-corrected chi connectivity index (χ4v) is 3.68. The van der Waals surface area contributed by atoms with E-state index in [0.717, 1.165) is 18.7 Å². The first-order chi connectivity index (χ1) is 14.1. The maximum Gasteiger partial charge on any atom is 0.241 e. The van der Waals surface area contributed by atoms with Gasteiger partial charge in [0.2, 0.25) is 5.91 Å². The second kappa shape index (κ2) is 10.0. The number of aromatic nitrogens is 1. The minimum atomic E-state index is 0.0327. The number of carbonyl (C=O) groups excluding carboxylic acids is 1. The fraction of sp³-hybridized carbons (Fsp3) is 0.435. The molecule has 2 aromatic rings. The van der Waals surface area contributed by atoms with Crippen LogP contribution in [-0.4, -0.2) is 55.5 Å². The van der Waals surface area contributed by atoms with Crippen LogP contribution in [0.15, 0.2) is 59.7 Å². The Morgan fingerprint density at radius 2 is 1.90 bits per heavy atom. The number of aliphatic imine (C=N–C) groups is 1. The van der Waals surface area contributed by atoms with Crippen molar-refractivity contribution in [3.05, 3.63) is 66.0 Å². The van der Waals surface area contributed by atoms with E-state index in [-0.39, 0.29) is 17.9 Å². The predicted molar refractivity (Wildman–Crippen MR) is 117 cm³/mol. The molecule has 6 heteroatoms. The van der Waals surface area contributed by atoms with Crippen molar-refractivity contribution in [1.29, 1.82) is 0 Å². The van der Waals surface area contributed by atoms with Crippen LogP contribution < -0.4 is 10.6 Å². The molecule has 1 aromatic carbocycles. The number of hydrogen-bond acceptors (Lipinski definition) is 3. The van der Waals surface area contributed by atoms with Crippen molar-refractivity contribution in [3.8, 4) is 0 Å². The Morgan fingerprint density at radius 1 is 1.14 bits per heavy atom. The molecule has 1 amide bonds. The van der Waals surface area contributed by atoms with Gasteiger partial charge in [-0.1, -0.05) is 42.8 Å². The van der Waals surface area contributed by atoms with Crippen molar-refractivity contribution >= 4 is 11.9 Å². The molecular formula is C23H31N5O. The highest BCUT2D eigenvalue weighted by Gasteiger charge is 2.38. The van der Waals surface area contributed by atoms with Crippen LogP contribution in [0.3, 0.4) is 0 Å². The molecule has 0 bridgehead atoms. The third kappa shape index (κ3) is 5.56. The predicted octanol–water partition coefficient (Wildman–Crippen LogP) is 2.37. The Bertz CT molecular complexity index is 803. The topological polar surface area (TPSA) is 69.6 Å². The molecule has 0 aliphatic heterocycles. The number of carbonyl (C=O) groups is 1. The van der Waals surface area contributed by atoms with Crippen molar-refractivity contribution in [3.63, 3.8) is 0 Å². The molecule has 1 fully saturated rings. The zero-order chi connectivity index (χ0) is 20.5. The largest absolute Gasteiger partial charge is 0.356 e. The first-order valence-electron chi connectivity index (χ1n) is 10.3. The molecule has 6 nitrogen and oxygen atoms in total. The van der Waals surface area contributed by atoms with E-state index in [9.17, 15) is 4.79 Å². The van der Waals surface area contributed by atoms with E-state index >= 15 is 0 Å². The van der Waals surface area contributed by atoms with Crippen molar-refractivity contribution in [2.24, 2.45) is 4.99 Å². The lowest BCUT2D eigenvalue weighted by Crippen LogP contribution is -2.50. The van der Waals surface area contributed by atoms with Crippen LogP contribution in [0.2, 0.25) is 0 Å². The number of likely N-dealkylation sites (N-methyl/N-ethyl adjacent to an activating group) is 1. The van der Waals surface area contributed by atoms with Gasteiger partial charge in [-0.3, -0.25) is 14.8 Å². The van der Waals surface area contributed by atoms with E-state index in [1.54, 1.807) is 18.1 Å². The quantitative estimate of drug-likeness (QED) is 0.534. The van der Waals surface area contributed by atoms with Crippen LogP contribution in [0.4, 0.5) is 0 Å². The van der Waals surface area contributed by atoms with Gasteiger partial charge >= 0.3 is 0 Å². The van der Waals surface area contributed by atoms with Gasteiger partial charge in [0.1, 0.15) is 0 Å². The molecule has 3 rings (SSSR count). The summed E-state index contributed by atoms with van der Waals surface area (Å²) in [5.41, 5.74) is 2.53. The van der Waals surface area contributed by atoms with Gasteiger partial charge in [0.25, 0.3) is 0 Å². The standard InChI is InChI=1S/C23H31N5O/c1-24-22(27-18-23(13-8-14-23)19-9-4-3-5-10-19)26-17-21(29)28(2)16-12-20-11-6-7-15-25-20/h3-7,9-11,15H,8,12-14,16-18H2,1-2H3,(H2,24,26,27). The van der Waals surface area contributed by atoms with Gasteiger partial charge in [-0.05, 0) is 30.5 Å². The maximum atomic E-state index is 12.4. The molecule has 29 heavy (non-hydrogen) atoms. The molecule has 154 valence electrons. The van der Waals surface area contributed by atoms with Gasteiger partial charge in [-0.2, -0.15) is 0 Å². The molecule has 1 aliphatic carbocycles. The number of hydrogen-bond donors (Lipinski definition) is 2. The van der Waals surface area contributed by atoms with Gasteiger partial charge in [-0.25, -0.2) is 0 Å². The minimum Gasteiger partial charge on any atom is -0.356 e. The molecule has 0 radical (unpaired) electrons. The highest BCUT2D eigenvalue weighted by molar-refractivity contribution is 5.86. The Labute approximate surface area is 173 Å². The molecular weight excluding hydrogens is 362 g/mol. The number of nitrogens with one attached hydrogen (secondary N) is 2. The Kier molecular flexibility index (Phi) is 7.22. The summed E-state index contributed by atoms with van der Waals surface area (Å²) in [5.74, 6) is 0.698. The molecule has 0 spiro atoms. The number of amides is 1. The number of guanidine groups is 1. The van der Waals surface area contributed by atoms with Gasteiger partial charge in [0.05, 0.1) is 6.54 Å². The molecule has 0 unspecified atom stereocenters. The van der Waals surface area contributed by atoms with Gasteiger partial charge in [0, 0.05) is 50.9 Å². The summed E-state index contributed by atoms with van der Waals surface area (Å²) in [5, 5.41) is 6.57. The van der Waals surface area contributed by atoms with Crippen LogP contribution in [0.5, 0.6) is 0 Å². The molecule has 1 heterocycles. The van der Waals surface area contributed by atoms with Crippen LogP contribution in [0, 0.1) is 0 Å². The maximum absolute atomic E-state index is 12.4. The number of pyridine rings is 1. The zero-order valence-electron chi connectivity index (χ0n) is 17.4. The Balaban J connectivity index is 1.44. The second-order valence-corrected chi connectivity index (χ2v) is 7.67. The summed E-state index contributed by atoms with van der Waals surface area (Å²) in [6.07, 6.45) is 6.13. The highest BCUT2D eigenvalue weighted by atomic mass is 16.2.